The lowest BCUT2D eigenvalue weighted by Crippen LogP contribution is -2.31. The molecule has 2 aromatic heterocycles. The molecule has 0 saturated heterocycles. The molecular formula is C16H22N6O2. The van der Waals surface area contributed by atoms with E-state index < -0.39 is 4.92 Å². The molecule has 2 atom stereocenters. The van der Waals surface area contributed by atoms with Crippen LogP contribution in [-0.2, 0) is 0 Å². The van der Waals surface area contributed by atoms with Crippen molar-refractivity contribution in [1.29, 1.82) is 0 Å². The van der Waals surface area contributed by atoms with Crippen molar-refractivity contribution in [2.45, 2.75) is 52.5 Å². The molecule has 0 aromatic carbocycles. The lowest BCUT2D eigenvalue weighted by Gasteiger charge is -2.29. The van der Waals surface area contributed by atoms with E-state index in [0.29, 0.717) is 29.4 Å². The second-order valence-electron chi connectivity index (χ2n) is 6.42. The molecule has 8 nitrogen and oxygen atoms in total. The van der Waals surface area contributed by atoms with E-state index >= 15 is 0 Å². The lowest BCUT2D eigenvalue weighted by molar-refractivity contribution is -0.385. The van der Waals surface area contributed by atoms with Gasteiger partial charge in [-0.15, -0.1) is 0 Å². The van der Waals surface area contributed by atoms with Crippen LogP contribution in [0.25, 0.3) is 5.82 Å². The fourth-order valence-electron chi connectivity index (χ4n) is 3.30. The fraction of sp³-hybridized carbons (Fsp3) is 0.562. The largest absolute Gasteiger partial charge is 0.351 e. The van der Waals surface area contributed by atoms with Gasteiger partial charge in [0.2, 0.25) is 11.8 Å². The topological polar surface area (TPSA) is 98.8 Å². The molecule has 24 heavy (non-hydrogen) atoms. The van der Waals surface area contributed by atoms with Gasteiger partial charge in [-0.05, 0) is 32.6 Å². The normalized spacial score (nSPS) is 20.8. The smallest absolute Gasteiger partial charge is 0.333 e. The zero-order valence-corrected chi connectivity index (χ0v) is 14.2. The van der Waals surface area contributed by atoms with Crippen LogP contribution >= 0.6 is 0 Å². The highest BCUT2D eigenvalue weighted by atomic mass is 16.6. The molecule has 3 rings (SSSR count). The Morgan fingerprint density at radius 3 is 2.67 bits per heavy atom. The molecule has 8 heteroatoms. The molecule has 1 saturated carbocycles. The summed E-state index contributed by atoms with van der Waals surface area (Å²) in [6.45, 7) is 5.65. The van der Waals surface area contributed by atoms with Gasteiger partial charge in [-0.2, -0.15) is 4.98 Å². The number of imidazole rings is 1. The molecule has 1 aliphatic carbocycles. The number of hydrogen-bond donors (Lipinski definition) is 1. The third-order valence-electron chi connectivity index (χ3n) is 4.70. The molecule has 0 aliphatic heterocycles. The van der Waals surface area contributed by atoms with E-state index in [4.69, 9.17) is 0 Å². The number of hydrogen-bond acceptors (Lipinski definition) is 6. The van der Waals surface area contributed by atoms with Crippen LogP contribution in [-0.4, -0.2) is 30.5 Å². The third kappa shape index (κ3) is 3.08. The van der Waals surface area contributed by atoms with E-state index in [2.05, 4.69) is 27.2 Å². The molecule has 128 valence electrons. The number of nitro groups is 1. The van der Waals surface area contributed by atoms with Gasteiger partial charge in [-0.1, -0.05) is 19.8 Å². The maximum absolute atomic E-state index is 11.5. The summed E-state index contributed by atoms with van der Waals surface area (Å²) in [6.07, 6.45) is 7.96. The van der Waals surface area contributed by atoms with Crippen molar-refractivity contribution in [3.05, 3.63) is 34.0 Å². The van der Waals surface area contributed by atoms with Gasteiger partial charge in [-0.25, -0.2) is 9.97 Å². The monoisotopic (exact) mass is 330 g/mol. The van der Waals surface area contributed by atoms with Gasteiger partial charge in [-0.3, -0.25) is 14.7 Å². The second kappa shape index (κ2) is 6.54. The summed E-state index contributed by atoms with van der Waals surface area (Å²) in [4.78, 5) is 24.0. The first-order valence-electron chi connectivity index (χ1n) is 8.27. The van der Waals surface area contributed by atoms with E-state index in [1.807, 2.05) is 0 Å². The SMILES string of the molecule is Cc1nc(NC2CCCC[C@@H]2C)nc(-n2ccnc2C)c1[N+](=O)[O-]. The zero-order chi connectivity index (χ0) is 17.3. The molecular weight excluding hydrogens is 308 g/mol. The number of aromatic nitrogens is 4. The fourth-order valence-corrected chi connectivity index (χ4v) is 3.30. The highest BCUT2D eigenvalue weighted by molar-refractivity contribution is 5.54. The van der Waals surface area contributed by atoms with Crippen molar-refractivity contribution in [3.63, 3.8) is 0 Å². The molecule has 0 spiro atoms. The molecule has 1 fully saturated rings. The van der Waals surface area contributed by atoms with E-state index in [-0.39, 0.29) is 11.5 Å². The Hall–Kier alpha value is -2.51. The summed E-state index contributed by atoms with van der Waals surface area (Å²) >= 11 is 0. The molecule has 1 N–H and O–H groups in total. The van der Waals surface area contributed by atoms with Gasteiger partial charge >= 0.3 is 5.69 Å². The van der Waals surface area contributed by atoms with Crippen LogP contribution in [0.4, 0.5) is 11.6 Å². The molecule has 0 bridgehead atoms. The average molecular weight is 330 g/mol. The maximum Gasteiger partial charge on any atom is 0.333 e. The molecule has 0 amide bonds. The molecule has 1 unspecified atom stereocenters. The summed E-state index contributed by atoms with van der Waals surface area (Å²) < 4.78 is 1.63. The zero-order valence-electron chi connectivity index (χ0n) is 14.2. The Kier molecular flexibility index (Phi) is 4.46. The maximum atomic E-state index is 11.5. The first kappa shape index (κ1) is 16.4. The van der Waals surface area contributed by atoms with Crippen molar-refractivity contribution in [2.24, 2.45) is 5.92 Å². The summed E-state index contributed by atoms with van der Waals surface area (Å²) in [5.41, 5.74) is 0.266. The first-order valence-corrected chi connectivity index (χ1v) is 8.27. The van der Waals surface area contributed by atoms with Crippen molar-refractivity contribution in [2.75, 3.05) is 5.32 Å². The van der Waals surface area contributed by atoms with Crippen molar-refractivity contribution < 1.29 is 4.92 Å². The van der Waals surface area contributed by atoms with E-state index in [9.17, 15) is 10.1 Å². The Labute approximate surface area is 140 Å². The van der Waals surface area contributed by atoms with E-state index in [0.717, 1.165) is 6.42 Å². The second-order valence-corrected chi connectivity index (χ2v) is 6.42. The Balaban J connectivity index is 2.01. The minimum absolute atomic E-state index is 0.0849. The number of aryl methyl sites for hydroxylation is 2. The van der Waals surface area contributed by atoms with Gasteiger partial charge in [0.05, 0.1) is 4.92 Å². The van der Waals surface area contributed by atoms with Gasteiger partial charge in [0.15, 0.2) is 0 Å². The van der Waals surface area contributed by atoms with Crippen LogP contribution in [0, 0.1) is 29.9 Å². The molecule has 2 heterocycles. The highest BCUT2D eigenvalue weighted by Crippen LogP contribution is 2.29. The van der Waals surface area contributed by atoms with Gasteiger partial charge in [0, 0.05) is 18.4 Å². The van der Waals surface area contributed by atoms with Gasteiger partial charge in [0.1, 0.15) is 11.5 Å². The number of nitrogens with zero attached hydrogens (tertiary/aromatic N) is 5. The Morgan fingerprint density at radius 2 is 2.04 bits per heavy atom. The number of rotatable bonds is 4. The third-order valence-corrected chi connectivity index (χ3v) is 4.70. The Bertz CT molecular complexity index is 757. The van der Waals surface area contributed by atoms with Crippen LogP contribution in [0.1, 0.15) is 44.1 Å². The predicted molar refractivity (Wildman–Crippen MR) is 90.3 cm³/mol. The van der Waals surface area contributed by atoms with Crippen LogP contribution < -0.4 is 5.32 Å². The highest BCUT2D eigenvalue weighted by Gasteiger charge is 2.27. The van der Waals surface area contributed by atoms with Crippen molar-refractivity contribution >= 4 is 11.6 Å². The van der Waals surface area contributed by atoms with Gasteiger partial charge < -0.3 is 5.32 Å². The van der Waals surface area contributed by atoms with Gasteiger partial charge in [0.25, 0.3) is 0 Å². The minimum Gasteiger partial charge on any atom is -0.351 e. The molecule has 0 radical (unpaired) electrons. The summed E-state index contributed by atoms with van der Waals surface area (Å²) in [7, 11) is 0. The van der Waals surface area contributed by atoms with Crippen LogP contribution in [0.3, 0.4) is 0 Å². The van der Waals surface area contributed by atoms with Crippen LogP contribution in [0.2, 0.25) is 0 Å². The van der Waals surface area contributed by atoms with E-state index in [1.54, 1.807) is 30.8 Å². The standard InChI is InChI=1S/C16H22N6O2/c1-10-6-4-5-7-13(10)19-16-18-11(2)14(22(23)24)15(20-16)21-9-8-17-12(21)3/h8-10,13H,4-7H2,1-3H3,(H,18,19,20)/t10-,13?/m0/s1. The lowest BCUT2D eigenvalue weighted by atomic mass is 9.86. The van der Waals surface area contributed by atoms with Crippen LogP contribution in [0.5, 0.6) is 0 Å². The quantitative estimate of drug-likeness (QED) is 0.683. The predicted octanol–water partition coefficient (Wildman–Crippen LogP) is 3.18. The minimum atomic E-state index is -0.433. The van der Waals surface area contributed by atoms with Crippen LogP contribution in [0.15, 0.2) is 12.4 Å². The summed E-state index contributed by atoms with van der Waals surface area (Å²) in [5.74, 6) is 1.89. The Morgan fingerprint density at radius 1 is 1.29 bits per heavy atom. The summed E-state index contributed by atoms with van der Waals surface area (Å²) in [6, 6.07) is 0.302. The number of anilines is 1. The first-order chi connectivity index (χ1) is 11.5. The molecule has 2 aromatic rings. The number of nitrogens with one attached hydrogen (secondary N) is 1. The van der Waals surface area contributed by atoms with E-state index in [1.165, 1.54) is 19.3 Å². The average Bonchev–Trinajstić information content (AvgIpc) is 2.94. The molecule has 1 aliphatic rings. The summed E-state index contributed by atoms with van der Waals surface area (Å²) in [5, 5.41) is 14.9. The van der Waals surface area contributed by atoms with Crippen molar-refractivity contribution in [3.8, 4) is 5.82 Å². The van der Waals surface area contributed by atoms with Crippen molar-refractivity contribution in [1.82, 2.24) is 19.5 Å².